The molecule has 22 heavy (non-hydrogen) atoms. The zero-order valence-electron chi connectivity index (χ0n) is 12.3. The monoisotopic (exact) mass is 322 g/mol. The first-order valence-corrected chi connectivity index (χ1v) is 8.63. The minimum atomic E-state index is -3.40. The van der Waals surface area contributed by atoms with Gasteiger partial charge < -0.3 is 9.84 Å². The minimum Gasteiger partial charge on any atom is -0.376 e. The summed E-state index contributed by atoms with van der Waals surface area (Å²) in [6.07, 6.45) is 1.85. The third-order valence-corrected chi connectivity index (χ3v) is 5.44. The van der Waals surface area contributed by atoms with Crippen LogP contribution in [0.1, 0.15) is 24.6 Å². The molecule has 118 valence electrons. The zero-order chi connectivity index (χ0) is 15.6. The number of nitrogens with zero attached hydrogens (tertiary/aromatic N) is 3. The Balaban J connectivity index is 1.74. The molecule has 0 spiro atoms. The van der Waals surface area contributed by atoms with Gasteiger partial charge >= 0.3 is 0 Å². The van der Waals surface area contributed by atoms with Crippen molar-refractivity contribution < 1.29 is 12.9 Å². The lowest BCUT2D eigenvalue weighted by molar-refractivity contribution is 0.379. The Bertz CT molecular complexity index is 751. The van der Waals surface area contributed by atoms with Gasteiger partial charge in [0.2, 0.25) is 15.9 Å². The van der Waals surface area contributed by atoms with E-state index in [4.69, 9.17) is 4.52 Å². The predicted octanol–water partition coefficient (Wildman–Crippen LogP) is 1.77. The van der Waals surface area contributed by atoms with E-state index < -0.39 is 10.0 Å². The van der Waals surface area contributed by atoms with E-state index in [0.717, 1.165) is 12.8 Å². The van der Waals surface area contributed by atoms with E-state index in [0.29, 0.717) is 41.9 Å². The lowest BCUT2D eigenvalue weighted by Gasteiger charge is -2.16. The molecule has 1 aromatic heterocycles. The smallest absolute Gasteiger partial charge is 0.245 e. The van der Waals surface area contributed by atoms with E-state index >= 15 is 0 Å². The fourth-order valence-electron chi connectivity index (χ4n) is 2.43. The molecule has 0 amide bonds. The van der Waals surface area contributed by atoms with E-state index in [-0.39, 0.29) is 0 Å². The van der Waals surface area contributed by atoms with Crippen LogP contribution in [-0.4, -0.2) is 36.0 Å². The lowest BCUT2D eigenvalue weighted by atomic mass is 10.3. The van der Waals surface area contributed by atoms with E-state index in [9.17, 15) is 8.42 Å². The molecule has 0 atom stereocenters. The van der Waals surface area contributed by atoms with Gasteiger partial charge in [-0.15, -0.1) is 0 Å². The molecular weight excluding hydrogens is 304 g/mol. The van der Waals surface area contributed by atoms with Gasteiger partial charge in [0.1, 0.15) is 0 Å². The molecule has 8 heteroatoms. The molecule has 3 rings (SSSR count). The molecule has 1 aliphatic heterocycles. The first-order chi connectivity index (χ1) is 10.6. The topological polar surface area (TPSA) is 88.3 Å². The molecule has 1 aromatic carbocycles. The Morgan fingerprint density at radius 2 is 2.09 bits per heavy atom. The highest BCUT2D eigenvalue weighted by Gasteiger charge is 2.27. The maximum Gasteiger partial charge on any atom is 0.245 e. The number of benzene rings is 1. The van der Waals surface area contributed by atoms with Crippen molar-refractivity contribution in [2.45, 2.75) is 31.2 Å². The van der Waals surface area contributed by atoms with Gasteiger partial charge in [-0.1, -0.05) is 11.2 Å². The summed E-state index contributed by atoms with van der Waals surface area (Å²) >= 11 is 0. The lowest BCUT2D eigenvalue weighted by Crippen LogP contribution is -2.27. The molecule has 1 saturated heterocycles. The molecule has 0 radical (unpaired) electrons. The van der Waals surface area contributed by atoms with Crippen molar-refractivity contribution in [2.75, 3.05) is 18.4 Å². The molecule has 0 unspecified atom stereocenters. The minimum absolute atomic E-state index is 0.307. The molecule has 7 nitrogen and oxygen atoms in total. The summed E-state index contributed by atoms with van der Waals surface area (Å²) in [5.41, 5.74) is 0.705. The van der Waals surface area contributed by atoms with Crippen molar-refractivity contribution in [3.8, 4) is 0 Å². The molecule has 0 bridgehead atoms. The normalized spacial score (nSPS) is 16.0. The largest absolute Gasteiger partial charge is 0.376 e. The molecule has 0 aliphatic carbocycles. The first-order valence-electron chi connectivity index (χ1n) is 7.19. The van der Waals surface area contributed by atoms with Crippen molar-refractivity contribution in [2.24, 2.45) is 0 Å². The Morgan fingerprint density at radius 1 is 1.32 bits per heavy atom. The second-order valence-electron chi connectivity index (χ2n) is 5.23. The van der Waals surface area contributed by atoms with Crippen LogP contribution in [0, 0.1) is 6.92 Å². The number of hydrogen-bond acceptors (Lipinski definition) is 6. The molecule has 2 aromatic rings. The van der Waals surface area contributed by atoms with Crippen LogP contribution in [0.15, 0.2) is 33.7 Å². The van der Waals surface area contributed by atoms with Gasteiger partial charge in [0.05, 0.1) is 11.4 Å². The maximum atomic E-state index is 12.5. The van der Waals surface area contributed by atoms with Crippen LogP contribution in [0.4, 0.5) is 5.69 Å². The fourth-order valence-corrected chi connectivity index (χ4v) is 4.00. The summed E-state index contributed by atoms with van der Waals surface area (Å²) in [6, 6.07) is 6.79. The number of aromatic nitrogens is 2. The second kappa shape index (κ2) is 6.05. The molecule has 1 fully saturated rings. The van der Waals surface area contributed by atoms with E-state index in [1.807, 2.05) is 6.07 Å². The van der Waals surface area contributed by atoms with Crippen LogP contribution in [0.2, 0.25) is 0 Å². The zero-order valence-corrected chi connectivity index (χ0v) is 13.1. The SMILES string of the molecule is Cc1noc(CNc2cccc(S(=O)(=O)N3CCCC3)c2)n1. The van der Waals surface area contributed by atoms with Gasteiger partial charge in [0.15, 0.2) is 5.82 Å². The Labute approximate surface area is 129 Å². The highest BCUT2D eigenvalue weighted by Crippen LogP contribution is 2.23. The van der Waals surface area contributed by atoms with Gasteiger partial charge in [-0.05, 0) is 38.0 Å². The molecule has 0 saturated carbocycles. The number of hydrogen-bond donors (Lipinski definition) is 1. The van der Waals surface area contributed by atoms with Crippen molar-refractivity contribution in [3.05, 3.63) is 36.0 Å². The van der Waals surface area contributed by atoms with Crippen LogP contribution in [0.5, 0.6) is 0 Å². The summed E-state index contributed by atoms with van der Waals surface area (Å²) < 4.78 is 31.6. The summed E-state index contributed by atoms with van der Waals surface area (Å²) in [4.78, 5) is 4.40. The Morgan fingerprint density at radius 3 is 2.77 bits per heavy atom. The highest BCUT2D eigenvalue weighted by molar-refractivity contribution is 7.89. The van der Waals surface area contributed by atoms with Gasteiger partial charge in [-0.25, -0.2) is 8.42 Å². The number of nitrogens with one attached hydrogen (secondary N) is 1. The number of anilines is 1. The highest BCUT2D eigenvalue weighted by atomic mass is 32.2. The molecular formula is C14H18N4O3S. The number of sulfonamides is 1. The van der Waals surface area contributed by atoms with Gasteiger partial charge in [0, 0.05) is 18.8 Å². The molecule has 1 aliphatic rings. The quantitative estimate of drug-likeness (QED) is 0.902. The van der Waals surface area contributed by atoms with Crippen LogP contribution in [0.25, 0.3) is 0 Å². The predicted molar refractivity (Wildman–Crippen MR) is 80.8 cm³/mol. The van der Waals surface area contributed by atoms with Gasteiger partial charge in [-0.2, -0.15) is 9.29 Å². The van der Waals surface area contributed by atoms with Crippen LogP contribution >= 0.6 is 0 Å². The second-order valence-corrected chi connectivity index (χ2v) is 7.17. The van der Waals surface area contributed by atoms with E-state index in [1.165, 1.54) is 4.31 Å². The summed E-state index contributed by atoms with van der Waals surface area (Å²) in [5, 5.41) is 6.81. The van der Waals surface area contributed by atoms with Crippen LogP contribution in [0.3, 0.4) is 0 Å². The van der Waals surface area contributed by atoms with E-state index in [2.05, 4.69) is 15.5 Å². The number of rotatable bonds is 5. The first kappa shape index (κ1) is 15.0. The summed E-state index contributed by atoms with van der Waals surface area (Å²) in [5.74, 6) is 1.03. The van der Waals surface area contributed by atoms with Gasteiger partial charge in [0.25, 0.3) is 0 Å². The standard InChI is InChI=1S/C14H18N4O3S/c1-11-16-14(21-17-11)10-15-12-5-4-6-13(9-12)22(19,20)18-7-2-3-8-18/h4-6,9,15H,2-3,7-8,10H2,1H3. The third-order valence-electron chi connectivity index (χ3n) is 3.55. The van der Waals surface area contributed by atoms with Crippen LogP contribution < -0.4 is 5.32 Å². The van der Waals surface area contributed by atoms with Crippen molar-refractivity contribution >= 4 is 15.7 Å². The maximum absolute atomic E-state index is 12.5. The Hall–Kier alpha value is -1.93. The third kappa shape index (κ3) is 3.12. The van der Waals surface area contributed by atoms with Crippen molar-refractivity contribution in [1.82, 2.24) is 14.4 Å². The van der Waals surface area contributed by atoms with E-state index in [1.54, 1.807) is 25.1 Å². The summed E-state index contributed by atoms with van der Waals surface area (Å²) in [7, 11) is -3.40. The molecule has 1 N–H and O–H groups in total. The fraction of sp³-hybridized carbons (Fsp3) is 0.429. The Kier molecular flexibility index (Phi) is 4.12. The van der Waals surface area contributed by atoms with Crippen LogP contribution in [-0.2, 0) is 16.6 Å². The van der Waals surface area contributed by atoms with Crippen molar-refractivity contribution in [1.29, 1.82) is 0 Å². The number of aryl methyl sites for hydroxylation is 1. The molecule has 2 heterocycles. The average molecular weight is 322 g/mol. The summed E-state index contributed by atoms with van der Waals surface area (Å²) in [6.45, 7) is 3.30. The average Bonchev–Trinajstić information content (AvgIpc) is 3.17. The van der Waals surface area contributed by atoms with Crippen molar-refractivity contribution in [3.63, 3.8) is 0 Å². The van der Waals surface area contributed by atoms with Gasteiger partial charge in [-0.3, -0.25) is 0 Å².